The van der Waals surface area contributed by atoms with E-state index >= 15 is 0 Å². The lowest BCUT2D eigenvalue weighted by Gasteiger charge is -2.26. The molecule has 148 valence electrons. The maximum Gasteiger partial charge on any atom is 0.286 e. The molecule has 7 heteroatoms. The van der Waals surface area contributed by atoms with Gasteiger partial charge in [-0.15, -0.1) is 0 Å². The average molecular weight is 395 g/mol. The molecule has 0 N–H and O–H groups in total. The number of anilines is 1. The largest absolute Gasteiger partial charge is 0.315 e. The number of hydrogen-bond donors (Lipinski definition) is 0. The molecule has 1 aliphatic rings. The monoisotopic (exact) mass is 395 g/mol. The summed E-state index contributed by atoms with van der Waals surface area (Å²) in [6, 6.07) is 5.72. The van der Waals surface area contributed by atoms with Crippen LogP contribution in [0.15, 0.2) is 47.7 Å². The van der Waals surface area contributed by atoms with E-state index in [0.717, 1.165) is 17.2 Å². The molecule has 0 spiro atoms. The van der Waals surface area contributed by atoms with Crippen LogP contribution in [0.25, 0.3) is 11.1 Å². The molecule has 0 aliphatic carbocycles. The number of fused-ring (bicyclic) bond motifs is 1. The van der Waals surface area contributed by atoms with Crippen molar-refractivity contribution in [1.29, 1.82) is 0 Å². The molecule has 3 heterocycles. The Bertz CT molecular complexity index is 1190. The Kier molecular flexibility index (Phi) is 4.74. The molecule has 0 bridgehead atoms. The zero-order valence-corrected chi connectivity index (χ0v) is 16.1. The Balaban J connectivity index is 1.77. The predicted molar refractivity (Wildman–Crippen MR) is 106 cm³/mol. The minimum absolute atomic E-state index is 0.0370. The van der Waals surface area contributed by atoms with Crippen molar-refractivity contribution in [3.8, 4) is 11.1 Å². The summed E-state index contributed by atoms with van der Waals surface area (Å²) >= 11 is 0. The zero-order valence-electron chi connectivity index (χ0n) is 16.1. The molecular formula is C22H19F2N3O2. The molecule has 0 saturated carbocycles. The Morgan fingerprint density at radius 2 is 1.86 bits per heavy atom. The van der Waals surface area contributed by atoms with E-state index < -0.39 is 17.2 Å². The number of aryl methyl sites for hydroxylation is 1. The normalized spacial score (nSPS) is 13.5. The van der Waals surface area contributed by atoms with E-state index in [0.29, 0.717) is 35.2 Å². The Hall–Kier alpha value is -3.35. The first-order chi connectivity index (χ1) is 13.9. The number of aromatic nitrogens is 2. The van der Waals surface area contributed by atoms with Gasteiger partial charge in [-0.3, -0.25) is 14.6 Å². The molecule has 1 aliphatic heterocycles. The number of rotatable bonds is 3. The van der Waals surface area contributed by atoms with Crippen molar-refractivity contribution in [2.24, 2.45) is 0 Å². The Morgan fingerprint density at radius 3 is 2.66 bits per heavy atom. The van der Waals surface area contributed by atoms with Crippen LogP contribution in [-0.2, 0) is 17.8 Å². The molecule has 4 rings (SSSR count). The van der Waals surface area contributed by atoms with Gasteiger partial charge in [0.1, 0.15) is 5.82 Å². The minimum atomic E-state index is -0.825. The van der Waals surface area contributed by atoms with Gasteiger partial charge >= 0.3 is 0 Å². The first-order valence-corrected chi connectivity index (χ1v) is 9.24. The highest BCUT2D eigenvalue weighted by atomic mass is 19.1. The van der Waals surface area contributed by atoms with Crippen LogP contribution in [0.4, 0.5) is 14.5 Å². The van der Waals surface area contributed by atoms with Gasteiger partial charge in [-0.25, -0.2) is 8.78 Å². The Morgan fingerprint density at radius 1 is 1.07 bits per heavy atom. The van der Waals surface area contributed by atoms with Crippen LogP contribution >= 0.6 is 0 Å². The fraction of sp³-hybridized carbons (Fsp3) is 0.227. The molecule has 0 unspecified atom stereocenters. The number of pyridine rings is 2. The molecule has 2 aromatic heterocycles. The van der Waals surface area contributed by atoms with Crippen LogP contribution in [0.1, 0.15) is 23.1 Å². The summed E-state index contributed by atoms with van der Waals surface area (Å²) in [4.78, 5) is 29.6. The van der Waals surface area contributed by atoms with Gasteiger partial charge in [-0.1, -0.05) is 0 Å². The average Bonchev–Trinajstić information content (AvgIpc) is 2.70. The lowest BCUT2D eigenvalue weighted by atomic mass is 9.93. The van der Waals surface area contributed by atoms with Crippen LogP contribution in [0.2, 0.25) is 0 Å². The number of hydrogen-bond acceptors (Lipinski definition) is 3. The first-order valence-electron chi connectivity index (χ1n) is 9.24. The van der Waals surface area contributed by atoms with Gasteiger partial charge in [0.25, 0.3) is 5.56 Å². The van der Waals surface area contributed by atoms with Crippen LogP contribution in [0, 0.1) is 18.6 Å². The highest BCUT2D eigenvalue weighted by Gasteiger charge is 2.24. The van der Waals surface area contributed by atoms with Crippen molar-refractivity contribution in [3.05, 3.63) is 81.5 Å². The molecule has 5 nitrogen and oxygen atoms in total. The second kappa shape index (κ2) is 7.24. The summed E-state index contributed by atoms with van der Waals surface area (Å²) in [5, 5.41) is 0. The molecule has 1 amide bonds. The van der Waals surface area contributed by atoms with Crippen LogP contribution < -0.4 is 10.5 Å². The van der Waals surface area contributed by atoms with E-state index in [-0.39, 0.29) is 12.5 Å². The number of nitrogens with zero attached hydrogens (tertiary/aromatic N) is 3. The molecule has 0 fully saturated rings. The number of benzene rings is 1. The predicted octanol–water partition coefficient (Wildman–Crippen LogP) is 3.45. The summed E-state index contributed by atoms with van der Waals surface area (Å²) in [7, 11) is 1.64. The van der Waals surface area contributed by atoms with Crippen molar-refractivity contribution in [2.75, 3.05) is 11.9 Å². The fourth-order valence-electron chi connectivity index (χ4n) is 3.69. The van der Waals surface area contributed by atoms with Gasteiger partial charge in [0.15, 0.2) is 5.82 Å². The highest BCUT2D eigenvalue weighted by Crippen LogP contribution is 2.35. The summed E-state index contributed by atoms with van der Waals surface area (Å²) in [5.74, 6) is -1.31. The summed E-state index contributed by atoms with van der Waals surface area (Å²) in [5.41, 5.74) is 3.21. The quantitative estimate of drug-likeness (QED) is 0.683. The highest BCUT2D eigenvalue weighted by molar-refractivity contribution is 5.96. The lowest BCUT2D eigenvalue weighted by Crippen LogP contribution is -2.31. The molecule has 0 saturated heterocycles. The van der Waals surface area contributed by atoms with Gasteiger partial charge in [0.05, 0.1) is 6.54 Å². The Labute approximate surface area is 166 Å². The third-order valence-corrected chi connectivity index (χ3v) is 5.44. The summed E-state index contributed by atoms with van der Waals surface area (Å²) in [6.45, 7) is 1.96. The van der Waals surface area contributed by atoms with E-state index in [2.05, 4.69) is 4.98 Å². The van der Waals surface area contributed by atoms with E-state index in [4.69, 9.17) is 0 Å². The molecule has 29 heavy (non-hydrogen) atoms. The second-order valence-corrected chi connectivity index (χ2v) is 7.17. The SMILES string of the molecule is Cc1c(Cn2cccc(F)c2=O)cncc1-c1cc2c(cc1F)N(C)C(=O)CC2. The van der Waals surface area contributed by atoms with Crippen molar-refractivity contribution in [1.82, 2.24) is 9.55 Å². The fourth-order valence-corrected chi connectivity index (χ4v) is 3.69. The number of carbonyl (C=O) groups is 1. The topological polar surface area (TPSA) is 55.2 Å². The second-order valence-electron chi connectivity index (χ2n) is 7.17. The van der Waals surface area contributed by atoms with Crippen LogP contribution in [0.5, 0.6) is 0 Å². The lowest BCUT2D eigenvalue weighted by molar-refractivity contribution is -0.118. The number of halogens is 2. The van der Waals surface area contributed by atoms with Crippen LogP contribution in [-0.4, -0.2) is 22.5 Å². The van der Waals surface area contributed by atoms with Gasteiger partial charge in [0, 0.05) is 48.9 Å². The van der Waals surface area contributed by atoms with Gasteiger partial charge in [-0.2, -0.15) is 0 Å². The van der Waals surface area contributed by atoms with Crippen molar-refractivity contribution in [2.45, 2.75) is 26.3 Å². The van der Waals surface area contributed by atoms with Crippen molar-refractivity contribution in [3.63, 3.8) is 0 Å². The van der Waals surface area contributed by atoms with E-state index in [1.807, 2.05) is 6.92 Å². The van der Waals surface area contributed by atoms with E-state index in [9.17, 15) is 18.4 Å². The molecule has 0 atom stereocenters. The van der Waals surface area contributed by atoms with Crippen molar-refractivity contribution < 1.29 is 13.6 Å². The number of carbonyl (C=O) groups excluding carboxylic acids is 1. The number of amides is 1. The van der Waals surface area contributed by atoms with Crippen LogP contribution in [0.3, 0.4) is 0 Å². The first kappa shape index (κ1) is 19.0. The third kappa shape index (κ3) is 3.33. The summed E-state index contributed by atoms with van der Waals surface area (Å²) < 4.78 is 29.8. The van der Waals surface area contributed by atoms with E-state index in [1.54, 1.807) is 25.5 Å². The zero-order chi connectivity index (χ0) is 20.7. The molecule has 1 aromatic carbocycles. The summed E-state index contributed by atoms with van der Waals surface area (Å²) in [6.07, 6.45) is 5.61. The maximum atomic E-state index is 14.9. The minimum Gasteiger partial charge on any atom is -0.315 e. The van der Waals surface area contributed by atoms with Gasteiger partial charge in [0.2, 0.25) is 5.91 Å². The van der Waals surface area contributed by atoms with E-state index in [1.165, 1.54) is 27.8 Å². The smallest absolute Gasteiger partial charge is 0.286 e. The third-order valence-electron chi connectivity index (χ3n) is 5.44. The van der Waals surface area contributed by atoms with Gasteiger partial charge < -0.3 is 9.47 Å². The van der Waals surface area contributed by atoms with Crippen molar-refractivity contribution >= 4 is 11.6 Å². The standard InChI is InChI=1S/C22H19F2N3O2/c1-13-15(12-27-7-3-4-18(23)22(27)29)10-25-11-17(13)16-8-14-5-6-21(28)26(2)20(14)9-19(16)24/h3-4,7-11H,5-6,12H2,1-2H3. The molecule has 0 radical (unpaired) electrons. The molecule has 3 aromatic rings. The molecular weight excluding hydrogens is 376 g/mol. The maximum absolute atomic E-state index is 14.9. The van der Waals surface area contributed by atoms with Gasteiger partial charge in [-0.05, 0) is 54.3 Å².